The highest BCUT2D eigenvalue weighted by atomic mass is 16.1. The third kappa shape index (κ3) is 5.54. The van der Waals surface area contributed by atoms with E-state index in [1.54, 1.807) is 6.33 Å². The lowest BCUT2D eigenvalue weighted by molar-refractivity contribution is -0.0987. The number of aryl methyl sites for hydroxylation is 2. The molecular weight excluding hydrogens is 390 g/mol. The molecule has 1 atom stereocenters. The van der Waals surface area contributed by atoms with E-state index in [1.165, 1.54) is 42.5 Å². The molecule has 0 saturated heterocycles. The van der Waals surface area contributed by atoms with Crippen LogP contribution in [-0.4, -0.2) is 46.6 Å². The monoisotopic (exact) mass is 425 g/mol. The summed E-state index contributed by atoms with van der Waals surface area (Å²) in [5.41, 5.74) is 4.77. The van der Waals surface area contributed by atoms with E-state index in [0.29, 0.717) is 12.0 Å². The number of carbonyl (C=O) groups is 2. The van der Waals surface area contributed by atoms with Crippen molar-refractivity contribution in [3.05, 3.63) is 47.7 Å². The van der Waals surface area contributed by atoms with Crippen molar-refractivity contribution >= 4 is 30.4 Å². The molecular formula is C24H35N5O2. The van der Waals surface area contributed by atoms with Crippen molar-refractivity contribution in [2.75, 3.05) is 11.9 Å². The number of pyridine rings is 1. The molecule has 4 rings (SSSR count). The Hall–Kier alpha value is -3.09. The number of nitrogens with one attached hydrogen (secondary N) is 1. The first kappa shape index (κ1) is 24.2. The normalized spacial score (nSPS) is 18.1. The van der Waals surface area contributed by atoms with Crippen LogP contribution in [-0.2, 0) is 9.59 Å². The lowest BCUT2D eigenvalue weighted by Crippen LogP contribution is -2.43. The molecule has 0 aromatic carbocycles. The van der Waals surface area contributed by atoms with E-state index >= 15 is 0 Å². The van der Waals surface area contributed by atoms with Crippen LogP contribution in [0.3, 0.4) is 0 Å². The molecule has 3 aromatic heterocycles. The number of aromatic amines is 1. The van der Waals surface area contributed by atoms with Crippen LogP contribution in [0.25, 0.3) is 11.0 Å². The first-order valence-corrected chi connectivity index (χ1v) is 10.5. The molecule has 7 heteroatoms. The largest absolute Gasteiger partial charge is 0.356 e. The third-order valence-electron chi connectivity index (χ3n) is 6.23. The number of rotatable bonds is 6. The Balaban J connectivity index is 0.000000971. The highest BCUT2D eigenvalue weighted by Crippen LogP contribution is 2.39. The maximum Gasteiger partial charge on any atom is 0.142 e. The average molecular weight is 426 g/mol. The van der Waals surface area contributed by atoms with Gasteiger partial charge in [-0.05, 0) is 68.6 Å². The molecule has 1 aliphatic carbocycles. The zero-order valence-electron chi connectivity index (χ0n) is 19.0. The van der Waals surface area contributed by atoms with Gasteiger partial charge >= 0.3 is 0 Å². The van der Waals surface area contributed by atoms with Gasteiger partial charge < -0.3 is 19.5 Å². The van der Waals surface area contributed by atoms with Crippen LogP contribution in [0.15, 0.2) is 30.9 Å². The van der Waals surface area contributed by atoms with Crippen molar-refractivity contribution in [2.45, 2.75) is 58.4 Å². The fourth-order valence-corrected chi connectivity index (χ4v) is 4.37. The number of aromatic nitrogens is 4. The molecule has 168 valence electrons. The van der Waals surface area contributed by atoms with Gasteiger partial charge in [-0.3, -0.25) is 4.98 Å². The average Bonchev–Trinajstić information content (AvgIpc) is 3.25. The molecule has 0 aliphatic heterocycles. The summed E-state index contributed by atoms with van der Waals surface area (Å²) < 4.78 is 0. The maximum absolute atomic E-state index is 8.00. The minimum atomic E-state index is 0. The van der Waals surface area contributed by atoms with Crippen molar-refractivity contribution in [3.8, 4) is 0 Å². The lowest BCUT2D eigenvalue weighted by Gasteiger charge is -2.42. The summed E-state index contributed by atoms with van der Waals surface area (Å²) in [6.07, 6.45) is 10.6. The van der Waals surface area contributed by atoms with Crippen LogP contribution >= 0.6 is 0 Å². The van der Waals surface area contributed by atoms with E-state index in [9.17, 15) is 0 Å². The number of hydrogen-bond acceptors (Lipinski definition) is 6. The molecule has 1 saturated carbocycles. The van der Waals surface area contributed by atoms with E-state index < -0.39 is 0 Å². The SMILES string of the molecule is C=O.C=O.Cc1cnc(C)c(C(C)CCC2CC(N(C)c3ncnc4[nH]ccc34)C2)c1.[HH]. The number of hydrogen-bond donors (Lipinski definition) is 1. The van der Waals surface area contributed by atoms with Crippen LogP contribution in [0.5, 0.6) is 0 Å². The summed E-state index contributed by atoms with van der Waals surface area (Å²) >= 11 is 0. The lowest BCUT2D eigenvalue weighted by atomic mass is 9.75. The quantitative estimate of drug-likeness (QED) is 0.618. The van der Waals surface area contributed by atoms with Crippen LogP contribution in [0, 0.1) is 19.8 Å². The van der Waals surface area contributed by atoms with Gasteiger partial charge in [0.25, 0.3) is 0 Å². The van der Waals surface area contributed by atoms with Crippen molar-refractivity contribution in [1.29, 1.82) is 0 Å². The van der Waals surface area contributed by atoms with Crippen molar-refractivity contribution in [2.24, 2.45) is 5.92 Å². The van der Waals surface area contributed by atoms with Crippen molar-refractivity contribution in [1.82, 2.24) is 19.9 Å². The number of fused-ring (bicyclic) bond motifs is 1. The summed E-state index contributed by atoms with van der Waals surface area (Å²) in [7, 11) is 2.17. The second kappa shape index (κ2) is 11.3. The van der Waals surface area contributed by atoms with Gasteiger partial charge in [0.2, 0.25) is 0 Å². The zero-order chi connectivity index (χ0) is 23.0. The number of nitrogens with zero attached hydrogens (tertiary/aromatic N) is 4. The summed E-state index contributed by atoms with van der Waals surface area (Å²) in [6.45, 7) is 10.6. The molecule has 31 heavy (non-hydrogen) atoms. The molecule has 0 amide bonds. The molecule has 0 radical (unpaired) electrons. The molecule has 1 fully saturated rings. The second-order valence-electron chi connectivity index (χ2n) is 8.21. The number of H-pyrrole nitrogens is 1. The summed E-state index contributed by atoms with van der Waals surface area (Å²) in [6, 6.07) is 4.96. The van der Waals surface area contributed by atoms with Crippen LogP contribution in [0.2, 0.25) is 0 Å². The minimum Gasteiger partial charge on any atom is -0.356 e. The van der Waals surface area contributed by atoms with Gasteiger partial charge in [0, 0.05) is 32.6 Å². The van der Waals surface area contributed by atoms with Gasteiger partial charge in [-0.2, -0.15) is 0 Å². The first-order chi connectivity index (χ1) is 15.0. The zero-order valence-corrected chi connectivity index (χ0v) is 19.0. The fourth-order valence-electron chi connectivity index (χ4n) is 4.37. The smallest absolute Gasteiger partial charge is 0.142 e. The van der Waals surface area contributed by atoms with Gasteiger partial charge in [-0.15, -0.1) is 0 Å². The van der Waals surface area contributed by atoms with E-state index in [0.717, 1.165) is 22.8 Å². The third-order valence-corrected chi connectivity index (χ3v) is 6.23. The Bertz CT molecular complexity index is 972. The van der Waals surface area contributed by atoms with E-state index in [1.807, 2.05) is 26.0 Å². The highest BCUT2D eigenvalue weighted by molar-refractivity contribution is 5.87. The van der Waals surface area contributed by atoms with Crippen LogP contribution < -0.4 is 4.90 Å². The summed E-state index contributed by atoms with van der Waals surface area (Å²) in [5, 5.41) is 1.11. The van der Waals surface area contributed by atoms with Crippen molar-refractivity contribution < 1.29 is 11.0 Å². The Morgan fingerprint density at radius 1 is 1.19 bits per heavy atom. The Morgan fingerprint density at radius 2 is 1.90 bits per heavy atom. The molecule has 1 unspecified atom stereocenters. The number of anilines is 1. The molecule has 3 heterocycles. The molecule has 1 aliphatic rings. The topological polar surface area (TPSA) is 91.8 Å². The predicted molar refractivity (Wildman–Crippen MR) is 127 cm³/mol. The minimum absolute atomic E-state index is 0. The Morgan fingerprint density at radius 3 is 2.61 bits per heavy atom. The maximum atomic E-state index is 8.00. The van der Waals surface area contributed by atoms with Gasteiger partial charge in [0.1, 0.15) is 31.4 Å². The van der Waals surface area contributed by atoms with E-state index in [-0.39, 0.29) is 1.43 Å². The van der Waals surface area contributed by atoms with E-state index in [2.05, 4.69) is 64.8 Å². The summed E-state index contributed by atoms with van der Waals surface area (Å²) in [4.78, 5) is 34.9. The van der Waals surface area contributed by atoms with Crippen LogP contribution in [0.4, 0.5) is 5.82 Å². The number of carbonyl (C=O) groups excluding carboxylic acids is 2. The fraction of sp³-hybridized carbons (Fsp3) is 0.458. The van der Waals surface area contributed by atoms with Crippen molar-refractivity contribution in [3.63, 3.8) is 0 Å². The van der Waals surface area contributed by atoms with Gasteiger partial charge in [-0.25, -0.2) is 9.97 Å². The highest BCUT2D eigenvalue weighted by Gasteiger charge is 2.33. The van der Waals surface area contributed by atoms with Gasteiger partial charge in [0.15, 0.2) is 0 Å². The van der Waals surface area contributed by atoms with Crippen LogP contribution in [0.1, 0.15) is 56.8 Å². The van der Waals surface area contributed by atoms with Gasteiger partial charge in [0.05, 0.1) is 5.39 Å². The standard InChI is InChI=1S/C22H29N5.2CH2O.H2/c1-14-9-20(16(3)24-12-14)15(2)5-6-17-10-18(11-17)27(4)22-19-7-8-23-21(19)25-13-26-22;2*1-2;/h7-9,12-13,15,17-18H,5-6,10-11H2,1-4H3,(H,23,25,26);2*1H2;1H. The molecule has 0 spiro atoms. The molecule has 7 nitrogen and oxygen atoms in total. The van der Waals surface area contributed by atoms with E-state index in [4.69, 9.17) is 9.59 Å². The summed E-state index contributed by atoms with van der Waals surface area (Å²) in [5.74, 6) is 2.44. The molecule has 1 N–H and O–H groups in total. The first-order valence-electron chi connectivity index (χ1n) is 10.5. The van der Waals surface area contributed by atoms with Gasteiger partial charge in [-0.1, -0.05) is 13.0 Å². The Labute approximate surface area is 185 Å². The molecule has 3 aromatic rings. The second-order valence-corrected chi connectivity index (χ2v) is 8.21. The molecule has 0 bridgehead atoms. The predicted octanol–water partition coefficient (Wildman–Crippen LogP) is 4.64. The Kier molecular flexibility index (Phi) is 8.85.